The molecule has 0 aromatic carbocycles. The Labute approximate surface area is 126 Å². The van der Waals surface area contributed by atoms with Gasteiger partial charge in [0, 0.05) is 30.9 Å². The van der Waals surface area contributed by atoms with E-state index in [0.717, 1.165) is 25.8 Å². The van der Waals surface area contributed by atoms with Crippen LogP contribution in [0.2, 0.25) is 0 Å². The molecule has 2 heterocycles. The first-order valence-electron chi connectivity index (χ1n) is 8.33. The van der Waals surface area contributed by atoms with Crippen molar-refractivity contribution in [2.75, 3.05) is 6.54 Å². The fourth-order valence-electron chi connectivity index (χ4n) is 3.69. The lowest BCUT2D eigenvalue weighted by molar-refractivity contribution is -0.122. The second-order valence-electron chi connectivity index (χ2n) is 6.37. The number of imidazole rings is 1. The Morgan fingerprint density at radius 2 is 2.24 bits per heavy atom. The third-order valence-corrected chi connectivity index (χ3v) is 4.87. The Balaban J connectivity index is 1.45. The van der Waals surface area contributed by atoms with Crippen LogP contribution in [-0.2, 0) is 4.79 Å². The summed E-state index contributed by atoms with van der Waals surface area (Å²) in [5, 5.41) is 6.75. The summed E-state index contributed by atoms with van der Waals surface area (Å²) in [5.74, 6) is 0.208. The SMILES string of the molecule is O=C(CCC1CCCCN1)NC1CCCC1n1ccnc1. The molecule has 1 saturated heterocycles. The Morgan fingerprint density at radius 3 is 3.00 bits per heavy atom. The number of nitrogens with zero attached hydrogens (tertiary/aromatic N) is 2. The average Bonchev–Trinajstić information content (AvgIpc) is 3.17. The molecule has 2 N–H and O–H groups in total. The number of rotatable bonds is 5. The van der Waals surface area contributed by atoms with E-state index < -0.39 is 0 Å². The van der Waals surface area contributed by atoms with Crippen molar-refractivity contribution >= 4 is 5.91 Å². The van der Waals surface area contributed by atoms with Gasteiger partial charge < -0.3 is 15.2 Å². The first kappa shape index (κ1) is 14.6. The Bertz CT molecular complexity index is 439. The monoisotopic (exact) mass is 290 g/mol. The molecule has 1 aliphatic heterocycles. The minimum atomic E-state index is 0.208. The largest absolute Gasteiger partial charge is 0.351 e. The van der Waals surface area contributed by atoms with Crippen molar-refractivity contribution in [3.63, 3.8) is 0 Å². The Hall–Kier alpha value is -1.36. The number of carbonyl (C=O) groups is 1. The second kappa shape index (κ2) is 7.07. The quantitative estimate of drug-likeness (QED) is 0.872. The summed E-state index contributed by atoms with van der Waals surface area (Å²) in [6, 6.07) is 1.19. The van der Waals surface area contributed by atoms with E-state index in [9.17, 15) is 4.79 Å². The lowest BCUT2D eigenvalue weighted by Gasteiger charge is -2.25. The molecule has 3 unspecified atom stereocenters. The molecule has 21 heavy (non-hydrogen) atoms. The van der Waals surface area contributed by atoms with E-state index in [1.807, 2.05) is 18.7 Å². The molecule has 2 fully saturated rings. The fraction of sp³-hybridized carbons (Fsp3) is 0.750. The maximum Gasteiger partial charge on any atom is 0.220 e. The van der Waals surface area contributed by atoms with Crippen molar-refractivity contribution in [1.82, 2.24) is 20.2 Å². The summed E-state index contributed by atoms with van der Waals surface area (Å²) in [4.78, 5) is 16.3. The van der Waals surface area contributed by atoms with Gasteiger partial charge >= 0.3 is 0 Å². The summed E-state index contributed by atoms with van der Waals surface area (Å²) >= 11 is 0. The van der Waals surface area contributed by atoms with E-state index in [1.165, 1.54) is 25.7 Å². The van der Waals surface area contributed by atoms with Gasteiger partial charge in [0.25, 0.3) is 0 Å². The molecule has 1 amide bonds. The van der Waals surface area contributed by atoms with Gasteiger partial charge in [0.15, 0.2) is 0 Å². The minimum absolute atomic E-state index is 0.208. The number of hydrogen-bond donors (Lipinski definition) is 2. The maximum absolute atomic E-state index is 12.2. The van der Waals surface area contributed by atoms with Crippen LogP contribution in [0, 0.1) is 0 Å². The average molecular weight is 290 g/mol. The van der Waals surface area contributed by atoms with Crippen molar-refractivity contribution in [3.05, 3.63) is 18.7 Å². The highest BCUT2D eigenvalue weighted by Crippen LogP contribution is 2.30. The Morgan fingerprint density at radius 1 is 1.29 bits per heavy atom. The first-order valence-corrected chi connectivity index (χ1v) is 8.33. The number of aromatic nitrogens is 2. The predicted octanol–water partition coefficient (Wildman–Crippen LogP) is 2.02. The van der Waals surface area contributed by atoms with Crippen LogP contribution in [0.3, 0.4) is 0 Å². The molecule has 116 valence electrons. The zero-order chi connectivity index (χ0) is 14.5. The fourth-order valence-corrected chi connectivity index (χ4v) is 3.69. The molecule has 1 aromatic rings. The summed E-state index contributed by atoms with van der Waals surface area (Å²) < 4.78 is 2.14. The number of amides is 1. The van der Waals surface area contributed by atoms with Crippen molar-refractivity contribution in [1.29, 1.82) is 0 Å². The Kier molecular flexibility index (Phi) is 4.91. The summed E-state index contributed by atoms with van der Waals surface area (Å²) in [6.07, 6.45) is 14.5. The summed E-state index contributed by atoms with van der Waals surface area (Å²) in [6.45, 7) is 1.11. The van der Waals surface area contributed by atoms with E-state index >= 15 is 0 Å². The molecule has 5 nitrogen and oxygen atoms in total. The number of hydrogen-bond acceptors (Lipinski definition) is 3. The van der Waals surface area contributed by atoms with Crippen molar-refractivity contribution in [2.45, 2.75) is 69.5 Å². The van der Waals surface area contributed by atoms with E-state index in [4.69, 9.17) is 0 Å². The standard InChI is InChI=1S/C16H26N4O/c21-16(8-7-13-4-1-2-9-18-13)19-14-5-3-6-15(14)20-11-10-17-12-20/h10-15,18H,1-9H2,(H,19,21). The molecule has 1 saturated carbocycles. The van der Waals surface area contributed by atoms with Gasteiger partial charge in [0.2, 0.25) is 5.91 Å². The molecule has 1 aliphatic carbocycles. The van der Waals surface area contributed by atoms with Gasteiger partial charge in [-0.25, -0.2) is 4.98 Å². The van der Waals surface area contributed by atoms with Gasteiger partial charge in [0.05, 0.1) is 12.4 Å². The molecular formula is C16H26N4O. The van der Waals surface area contributed by atoms with Crippen LogP contribution >= 0.6 is 0 Å². The lowest BCUT2D eigenvalue weighted by atomic mass is 10.0. The number of piperidine rings is 1. The lowest BCUT2D eigenvalue weighted by Crippen LogP contribution is -2.39. The molecule has 0 radical (unpaired) electrons. The highest BCUT2D eigenvalue weighted by molar-refractivity contribution is 5.76. The van der Waals surface area contributed by atoms with Crippen LogP contribution in [0.15, 0.2) is 18.7 Å². The van der Waals surface area contributed by atoms with Crippen LogP contribution in [0.1, 0.15) is 57.4 Å². The van der Waals surface area contributed by atoms with Crippen LogP contribution in [0.5, 0.6) is 0 Å². The van der Waals surface area contributed by atoms with Crippen molar-refractivity contribution in [3.8, 4) is 0 Å². The van der Waals surface area contributed by atoms with Crippen LogP contribution in [0.4, 0.5) is 0 Å². The highest BCUT2D eigenvalue weighted by atomic mass is 16.1. The minimum Gasteiger partial charge on any atom is -0.351 e. The van der Waals surface area contributed by atoms with Crippen molar-refractivity contribution in [2.24, 2.45) is 0 Å². The van der Waals surface area contributed by atoms with Gasteiger partial charge in [-0.3, -0.25) is 4.79 Å². The molecule has 0 bridgehead atoms. The van der Waals surface area contributed by atoms with E-state index in [2.05, 4.69) is 20.2 Å². The number of carbonyl (C=O) groups excluding carboxylic acids is 1. The van der Waals surface area contributed by atoms with Crippen molar-refractivity contribution < 1.29 is 4.79 Å². The summed E-state index contributed by atoms with van der Waals surface area (Å²) in [5.41, 5.74) is 0. The van der Waals surface area contributed by atoms with Crippen LogP contribution in [-0.4, -0.2) is 34.1 Å². The topological polar surface area (TPSA) is 59.0 Å². The predicted molar refractivity (Wildman–Crippen MR) is 81.9 cm³/mol. The molecule has 1 aromatic heterocycles. The second-order valence-corrected chi connectivity index (χ2v) is 6.37. The van der Waals surface area contributed by atoms with Gasteiger partial charge in [-0.1, -0.05) is 6.42 Å². The van der Waals surface area contributed by atoms with Crippen LogP contribution in [0.25, 0.3) is 0 Å². The number of nitrogens with one attached hydrogen (secondary N) is 2. The third-order valence-electron chi connectivity index (χ3n) is 4.87. The van der Waals surface area contributed by atoms with E-state index in [0.29, 0.717) is 18.5 Å². The molecular weight excluding hydrogens is 264 g/mol. The first-order chi connectivity index (χ1) is 10.3. The van der Waals surface area contributed by atoms with E-state index in [-0.39, 0.29) is 11.9 Å². The zero-order valence-electron chi connectivity index (χ0n) is 12.6. The van der Waals surface area contributed by atoms with Gasteiger partial charge in [-0.2, -0.15) is 0 Å². The zero-order valence-corrected chi connectivity index (χ0v) is 12.6. The third kappa shape index (κ3) is 3.84. The van der Waals surface area contributed by atoms with Gasteiger partial charge in [0.1, 0.15) is 0 Å². The smallest absolute Gasteiger partial charge is 0.220 e. The van der Waals surface area contributed by atoms with Gasteiger partial charge in [-0.05, 0) is 45.1 Å². The van der Waals surface area contributed by atoms with Crippen LogP contribution < -0.4 is 10.6 Å². The summed E-state index contributed by atoms with van der Waals surface area (Å²) in [7, 11) is 0. The highest BCUT2D eigenvalue weighted by Gasteiger charge is 2.29. The van der Waals surface area contributed by atoms with E-state index in [1.54, 1.807) is 0 Å². The normalized spacial score (nSPS) is 29.4. The molecule has 3 atom stereocenters. The molecule has 2 aliphatic rings. The molecule has 5 heteroatoms. The van der Waals surface area contributed by atoms with Gasteiger partial charge in [-0.15, -0.1) is 0 Å². The molecule has 3 rings (SSSR count). The maximum atomic E-state index is 12.2. The molecule has 0 spiro atoms.